The van der Waals surface area contributed by atoms with Gasteiger partial charge in [0.1, 0.15) is 0 Å². The van der Waals surface area contributed by atoms with E-state index in [4.69, 9.17) is 23.4 Å². The molecule has 2 rings (SSSR count). The summed E-state index contributed by atoms with van der Waals surface area (Å²) in [6, 6.07) is 9.63. The van der Waals surface area contributed by atoms with Gasteiger partial charge in [0.15, 0.2) is 5.17 Å². The van der Waals surface area contributed by atoms with Gasteiger partial charge in [-0.3, -0.25) is 5.43 Å². The highest BCUT2D eigenvalue weighted by atomic mass is 35.5. The number of hydrazone groups is 1. The average molecular weight is 260 g/mol. The Kier molecular flexibility index (Phi) is 3.09. The lowest BCUT2D eigenvalue weighted by molar-refractivity contribution is 0.424. The van der Waals surface area contributed by atoms with Gasteiger partial charge in [0.25, 0.3) is 0 Å². The topological polar surface area (TPSA) is 27.6 Å². The molecular weight excluding hydrogens is 253 g/mol. The Bertz CT molecular complexity index is 430. The average Bonchev–Trinajstić information content (AvgIpc) is 2.24. The Morgan fingerprint density at radius 2 is 1.93 bits per heavy atom. The minimum absolute atomic E-state index is 0.255. The van der Waals surface area contributed by atoms with Crippen LogP contribution in [0.4, 0.5) is 0 Å². The van der Waals surface area contributed by atoms with Gasteiger partial charge in [0.05, 0.1) is 22.4 Å². The zero-order valence-corrected chi connectivity index (χ0v) is 9.89. The van der Waals surface area contributed by atoms with Crippen molar-refractivity contribution in [2.24, 2.45) is 5.10 Å². The molecule has 6 heteroatoms. The second-order valence-electron chi connectivity index (χ2n) is 2.85. The quantitative estimate of drug-likeness (QED) is 0.600. The molecule has 0 aromatic heterocycles. The molecule has 0 aliphatic carbocycles. The fourth-order valence-electron chi connectivity index (χ4n) is 1.20. The van der Waals surface area contributed by atoms with E-state index in [1.165, 1.54) is 0 Å². The first-order valence-corrected chi connectivity index (χ1v) is 5.30. The van der Waals surface area contributed by atoms with Crippen LogP contribution in [0.2, 0.25) is 0 Å². The van der Waals surface area contributed by atoms with Crippen molar-refractivity contribution in [3.63, 3.8) is 0 Å². The summed E-state index contributed by atoms with van der Waals surface area (Å²) in [6.45, 7) is 0. The summed E-state index contributed by atoms with van der Waals surface area (Å²) < 4.78 is 1.03. The molecule has 0 fully saturated rings. The summed E-state index contributed by atoms with van der Waals surface area (Å²) in [7, 11) is 0. The lowest BCUT2D eigenvalue weighted by Gasteiger charge is -2.22. The van der Waals surface area contributed by atoms with Crippen molar-refractivity contribution >= 4 is 46.9 Å². The van der Waals surface area contributed by atoms with Crippen LogP contribution in [0, 0.1) is 0 Å². The summed E-state index contributed by atoms with van der Waals surface area (Å²) in [4.78, 5) is 0.569. The number of hydrogen-bond donors (Lipinski definition) is 2. The Morgan fingerprint density at radius 3 is 2.60 bits per heavy atom. The number of nitrogens with zero attached hydrogens (tertiary/aromatic N) is 2. The van der Waals surface area contributed by atoms with Gasteiger partial charge in [0.2, 0.25) is 0 Å². The van der Waals surface area contributed by atoms with Crippen molar-refractivity contribution in [2.45, 2.75) is 0 Å². The first-order valence-electron chi connectivity index (χ1n) is 4.14. The number of benzene rings is 1. The highest BCUT2D eigenvalue weighted by Gasteiger charge is 2.17. The van der Waals surface area contributed by atoms with Crippen molar-refractivity contribution in [3.8, 4) is 0 Å². The number of allylic oxidation sites excluding steroid dienone is 1. The number of halogens is 2. The molecule has 0 amide bonds. The third-order valence-corrected chi connectivity index (χ3v) is 2.87. The Hall–Kier alpha value is -0.840. The SMILES string of the molecule is SC1=C(c2ccccc2)NN(Cl)N=C1Cl. The number of thiol groups is 1. The van der Waals surface area contributed by atoms with E-state index in [0.717, 1.165) is 15.9 Å². The maximum Gasteiger partial charge on any atom is 0.168 e. The molecular formula is C9H7Cl2N3S. The second-order valence-corrected chi connectivity index (χ2v) is 3.98. The van der Waals surface area contributed by atoms with Crippen LogP contribution >= 0.6 is 36.0 Å². The van der Waals surface area contributed by atoms with E-state index in [2.05, 4.69) is 23.2 Å². The van der Waals surface area contributed by atoms with E-state index >= 15 is 0 Å². The van der Waals surface area contributed by atoms with E-state index in [0.29, 0.717) is 4.91 Å². The molecule has 1 N–H and O–H groups in total. The van der Waals surface area contributed by atoms with Crippen LogP contribution in [0.3, 0.4) is 0 Å². The fourth-order valence-corrected chi connectivity index (χ4v) is 1.80. The summed E-state index contributed by atoms with van der Waals surface area (Å²) >= 11 is 15.8. The van der Waals surface area contributed by atoms with Crippen LogP contribution in [-0.2, 0) is 0 Å². The standard InChI is InChI=1S/C9H7Cl2N3S/c10-9-8(15)7(12-14(11)13-9)6-4-2-1-3-5-6/h1-5,12,15H. The van der Waals surface area contributed by atoms with Crippen molar-refractivity contribution < 1.29 is 0 Å². The molecule has 0 spiro atoms. The number of nitrogens with one attached hydrogen (secondary N) is 1. The third kappa shape index (κ3) is 2.22. The molecule has 0 saturated carbocycles. The molecule has 0 bridgehead atoms. The molecule has 3 nitrogen and oxygen atoms in total. The minimum Gasteiger partial charge on any atom is -0.265 e. The van der Waals surface area contributed by atoms with Crippen LogP contribution < -0.4 is 5.43 Å². The van der Waals surface area contributed by atoms with Crippen molar-refractivity contribution in [1.29, 1.82) is 0 Å². The van der Waals surface area contributed by atoms with Crippen LogP contribution in [0.15, 0.2) is 40.3 Å². The van der Waals surface area contributed by atoms with Gasteiger partial charge in [-0.15, -0.1) is 22.4 Å². The third-order valence-electron chi connectivity index (χ3n) is 1.87. The molecule has 15 heavy (non-hydrogen) atoms. The Morgan fingerprint density at radius 1 is 1.27 bits per heavy atom. The van der Waals surface area contributed by atoms with E-state index in [1.54, 1.807) is 0 Å². The molecule has 0 radical (unpaired) electrons. The number of rotatable bonds is 1. The normalized spacial score (nSPS) is 16.2. The zero-order chi connectivity index (χ0) is 10.8. The fraction of sp³-hybridized carbons (Fsp3) is 0. The van der Waals surface area contributed by atoms with Crippen molar-refractivity contribution in [2.75, 3.05) is 0 Å². The lowest BCUT2D eigenvalue weighted by Crippen LogP contribution is -2.29. The Labute approximate surface area is 103 Å². The molecule has 1 aliphatic heterocycles. The maximum atomic E-state index is 5.86. The highest BCUT2D eigenvalue weighted by Crippen LogP contribution is 2.25. The predicted molar refractivity (Wildman–Crippen MR) is 66.5 cm³/mol. The summed E-state index contributed by atoms with van der Waals surface area (Å²) in [5.41, 5.74) is 4.52. The van der Waals surface area contributed by atoms with Gasteiger partial charge in [-0.25, -0.2) is 0 Å². The van der Waals surface area contributed by atoms with Crippen LogP contribution in [-0.4, -0.2) is 9.81 Å². The molecule has 0 saturated heterocycles. The van der Waals surface area contributed by atoms with E-state index in [9.17, 15) is 0 Å². The van der Waals surface area contributed by atoms with Gasteiger partial charge in [0, 0.05) is 5.56 Å². The summed E-state index contributed by atoms with van der Waals surface area (Å²) in [6.07, 6.45) is 0. The Balaban J connectivity index is 2.45. The monoisotopic (exact) mass is 259 g/mol. The lowest BCUT2D eigenvalue weighted by atomic mass is 10.1. The van der Waals surface area contributed by atoms with Crippen LogP contribution in [0.5, 0.6) is 0 Å². The van der Waals surface area contributed by atoms with Crippen molar-refractivity contribution in [1.82, 2.24) is 10.1 Å². The smallest absolute Gasteiger partial charge is 0.168 e. The first kappa shape index (κ1) is 10.7. The first-order chi connectivity index (χ1) is 7.18. The number of hydrogen-bond acceptors (Lipinski definition) is 4. The van der Waals surface area contributed by atoms with Crippen molar-refractivity contribution in [3.05, 3.63) is 40.8 Å². The molecule has 1 heterocycles. The minimum atomic E-state index is 0.255. The molecule has 0 atom stereocenters. The molecule has 78 valence electrons. The molecule has 1 aliphatic rings. The van der Waals surface area contributed by atoms with E-state index < -0.39 is 0 Å². The number of hydrazine groups is 1. The molecule has 0 unspecified atom stereocenters. The maximum absolute atomic E-state index is 5.86. The van der Waals surface area contributed by atoms with Gasteiger partial charge in [-0.1, -0.05) is 41.9 Å². The van der Waals surface area contributed by atoms with E-state index in [-0.39, 0.29) is 5.17 Å². The van der Waals surface area contributed by atoms with E-state index in [1.807, 2.05) is 30.3 Å². The largest absolute Gasteiger partial charge is 0.265 e. The molecule has 1 aromatic carbocycles. The van der Waals surface area contributed by atoms with Gasteiger partial charge < -0.3 is 0 Å². The highest BCUT2D eigenvalue weighted by molar-refractivity contribution is 7.86. The predicted octanol–water partition coefficient (Wildman–Crippen LogP) is 2.81. The van der Waals surface area contributed by atoms with Crippen LogP contribution in [0.1, 0.15) is 5.56 Å². The molecule has 1 aromatic rings. The van der Waals surface area contributed by atoms with Gasteiger partial charge >= 0.3 is 0 Å². The van der Waals surface area contributed by atoms with Gasteiger partial charge in [-0.05, 0) is 0 Å². The summed E-state index contributed by atoms with van der Waals surface area (Å²) in [5, 5.41) is 4.03. The van der Waals surface area contributed by atoms with Crippen LogP contribution in [0.25, 0.3) is 5.70 Å². The summed E-state index contributed by atoms with van der Waals surface area (Å²) in [5.74, 6) is 0. The second kappa shape index (κ2) is 4.35. The zero-order valence-electron chi connectivity index (χ0n) is 7.48. The van der Waals surface area contributed by atoms with Gasteiger partial charge in [-0.2, -0.15) is 0 Å².